The van der Waals surface area contributed by atoms with Gasteiger partial charge in [-0.05, 0) is 55.6 Å². The summed E-state index contributed by atoms with van der Waals surface area (Å²) < 4.78 is 5.99. The Balaban J connectivity index is 1.72. The van der Waals surface area contributed by atoms with Crippen molar-refractivity contribution in [2.75, 3.05) is 13.1 Å². The second-order valence-electron chi connectivity index (χ2n) is 5.17. The Morgan fingerprint density at radius 3 is 2.65 bits per heavy atom. The molecule has 20 heavy (non-hydrogen) atoms. The van der Waals surface area contributed by atoms with Gasteiger partial charge in [0.2, 0.25) is 0 Å². The molecule has 2 heterocycles. The Labute approximate surface area is 120 Å². The largest absolute Gasteiger partial charge is 0.487 e. The van der Waals surface area contributed by atoms with Gasteiger partial charge >= 0.3 is 0 Å². The number of nitrogens with zero attached hydrogens (tertiary/aromatic N) is 1. The molecule has 104 valence electrons. The van der Waals surface area contributed by atoms with Gasteiger partial charge in [-0.25, -0.2) is 0 Å². The molecule has 0 bridgehead atoms. The van der Waals surface area contributed by atoms with Crippen molar-refractivity contribution < 1.29 is 4.74 Å². The highest BCUT2D eigenvalue weighted by Gasteiger charge is 2.18. The lowest BCUT2D eigenvalue weighted by Gasteiger charge is -2.24. The molecule has 1 fully saturated rings. The zero-order valence-corrected chi connectivity index (χ0v) is 11.6. The van der Waals surface area contributed by atoms with Gasteiger partial charge in [-0.15, -0.1) is 0 Å². The molecule has 3 rings (SSSR count). The van der Waals surface area contributed by atoms with Crippen molar-refractivity contribution in [1.29, 1.82) is 0 Å². The van der Waals surface area contributed by atoms with Gasteiger partial charge in [-0.1, -0.05) is 24.3 Å². The molecule has 1 aliphatic rings. The van der Waals surface area contributed by atoms with Gasteiger partial charge in [-0.2, -0.15) is 0 Å². The molecular weight excluding hydrogens is 248 g/mol. The number of nitrogens with one attached hydrogen (secondary N) is 1. The highest BCUT2D eigenvalue weighted by atomic mass is 16.5. The van der Waals surface area contributed by atoms with Gasteiger partial charge in [-0.3, -0.25) is 4.98 Å². The Morgan fingerprint density at radius 1 is 1.05 bits per heavy atom. The van der Waals surface area contributed by atoms with E-state index in [4.69, 9.17) is 4.74 Å². The average molecular weight is 268 g/mol. The molecule has 0 atom stereocenters. The van der Waals surface area contributed by atoms with Crippen LogP contribution in [0.3, 0.4) is 0 Å². The van der Waals surface area contributed by atoms with Crippen molar-refractivity contribution in [3.63, 3.8) is 0 Å². The minimum absolute atomic E-state index is 0.531. The Kier molecular flexibility index (Phi) is 4.28. The molecule has 1 saturated heterocycles. The fraction of sp³-hybridized carbons (Fsp3) is 0.353. The van der Waals surface area contributed by atoms with Crippen LogP contribution < -0.4 is 10.1 Å². The van der Waals surface area contributed by atoms with Crippen LogP contribution in [-0.2, 0) is 6.61 Å². The molecule has 0 radical (unpaired) electrons. The van der Waals surface area contributed by atoms with E-state index in [-0.39, 0.29) is 0 Å². The summed E-state index contributed by atoms with van der Waals surface area (Å²) in [5.41, 5.74) is 2.30. The second-order valence-corrected chi connectivity index (χ2v) is 5.17. The summed E-state index contributed by atoms with van der Waals surface area (Å²) in [6.45, 7) is 2.72. The van der Waals surface area contributed by atoms with Crippen molar-refractivity contribution in [3.05, 3.63) is 59.9 Å². The fourth-order valence-electron chi connectivity index (χ4n) is 2.72. The van der Waals surface area contributed by atoms with Crippen LogP contribution in [0.25, 0.3) is 0 Å². The van der Waals surface area contributed by atoms with Crippen molar-refractivity contribution in [2.24, 2.45) is 0 Å². The molecule has 1 N–H and O–H groups in total. The highest BCUT2D eigenvalue weighted by Crippen LogP contribution is 2.32. The molecule has 0 aliphatic carbocycles. The average Bonchev–Trinajstić information content (AvgIpc) is 2.55. The number of ether oxygens (including phenoxy) is 1. The van der Waals surface area contributed by atoms with E-state index in [1.807, 2.05) is 24.3 Å². The summed E-state index contributed by atoms with van der Waals surface area (Å²) in [4.78, 5) is 4.30. The van der Waals surface area contributed by atoms with Crippen molar-refractivity contribution in [2.45, 2.75) is 25.4 Å². The Morgan fingerprint density at radius 2 is 1.85 bits per heavy atom. The van der Waals surface area contributed by atoms with E-state index >= 15 is 0 Å². The van der Waals surface area contributed by atoms with E-state index in [2.05, 4.69) is 28.5 Å². The predicted molar refractivity (Wildman–Crippen MR) is 79.9 cm³/mol. The molecule has 0 saturated carbocycles. The van der Waals surface area contributed by atoms with E-state index in [0.29, 0.717) is 12.5 Å². The first-order valence-corrected chi connectivity index (χ1v) is 7.26. The first-order chi connectivity index (χ1) is 9.93. The van der Waals surface area contributed by atoms with Crippen LogP contribution in [0.5, 0.6) is 5.75 Å². The number of rotatable bonds is 4. The summed E-state index contributed by atoms with van der Waals surface area (Å²) in [6.07, 6.45) is 4.17. The summed E-state index contributed by atoms with van der Waals surface area (Å²) in [6, 6.07) is 14.3. The van der Waals surface area contributed by atoms with Crippen LogP contribution >= 0.6 is 0 Å². The lowest BCUT2D eigenvalue weighted by molar-refractivity contribution is 0.293. The number of hydrogen-bond acceptors (Lipinski definition) is 3. The van der Waals surface area contributed by atoms with Gasteiger partial charge in [0.15, 0.2) is 0 Å². The molecule has 0 unspecified atom stereocenters. The van der Waals surface area contributed by atoms with Crippen LogP contribution in [0.2, 0.25) is 0 Å². The Bertz CT molecular complexity index is 536. The molecule has 0 amide bonds. The maximum Gasteiger partial charge on any atom is 0.130 e. The molecule has 0 spiro atoms. The van der Waals surface area contributed by atoms with Crippen molar-refractivity contribution >= 4 is 0 Å². The first kappa shape index (κ1) is 13.1. The first-order valence-electron chi connectivity index (χ1n) is 7.26. The SMILES string of the molecule is c1ccc(COc2ccccc2C2CCNCC2)nc1. The summed E-state index contributed by atoms with van der Waals surface area (Å²) in [5.74, 6) is 1.61. The number of benzene rings is 1. The number of pyridine rings is 1. The smallest absolute Gasteiger partial charge is 0.130 e. The van der Waals surface area contributed by atoms with E-state index in [9.17, 15) is 0 Å². The van der Waals surface area contributed by atoms with Gasteiger partial charge in [0.05, 0.1) is 5.69 Å². The minimum Gasteiger partial charge on any atom is -0.487 e. The highest BCUT2D eigenvalue weighted by molar-refractivity contribution is 5.36. The number of para-hydroxylation sites is 1. The van der Waals surface area contributed by atoms with Crippen LogP contribution in [0.1, 0.15) is 30.0 Å². The van der Waals surface area contributed by atoms with Gasteiger partial charge < -0.3 is 10.1 Å². The quantitative estimate of drug-likeness (QED) is 0.925. The molecule has 1 aromatic heterocycles. The van der Waals surface area contributed by atoms with Crippen LogP contribution in [0.15, 0.2) is 48.7 Å². The summed E-state index contributed by atoms with van der Waals surface area (Å²) in [7, 11) is 0. The predicted octanol–water partition coefficient (Wildman–Crippen LogP) is 3.13. The van der Waals surface area contributed by atoms with Crippen LogP contribution in [0.4, 0.5) is 0 Å². The van der Waals surface area contributed by atoms with E-state index in [1.165, 1.54) is 18.4 Å². The van der Waals surface area contributed by atoms with Crippen molar-refractivity contribution in [1.82, 2.24) is 10.3 Å². The van der Waals surface area contributed by atoms with E-state index in [0.717, 1.165) is 24.5 Å². The number of hydrogen-bond donors (Lipinski definition) is 1. The maximum atomic E-state index is 5.99. The molecule has 3 nitrogen and oxygen atoms in total. The standard InChI is InChI=1S/C17H20N2O/c1-2-7-17(20-13-15-5-3-4-10-19-15)16(6-1)14-8-11-18-12-9-14/h1-7,10,14,18H,8-9,11-13H2. The lowest BCUT2D eigenvalue weighted by Crippen LogP contribution is -2.26. The minimum atomic E-state index is 0.531. The third kappa shape index (κ3) is 3.17. The van der Waals surface area contributed by atoms with Crippen LogP contribution in [-0.4, -0.2) is 18.1 Å². The van der Waals surface area contributed by atoms with Gasteiger partial charge in [0.1, 0.15) is 12.4 Å². The molecule has 1 aromatic carbocycles. The molecule has 2 aromatic rings. The third-order valence-corrected chi connectivity index (χ3v) is 3.80. The second kappa shape index (κ2) is 6.53. The zero-order chi connectivity index (χ0) is 13.6. The monoisotopic (exact) mass is 268 g/mol. The van der Waals surface area contributed by atoms with E-state index < -0.39 is 0 Å². The summed E-state index contributed by atoms with van der Waals surface area (Å²) >= 11 is 0. The molecule has 1 aliphatic heterocycles. The molecular formula is C17H20N2O. The normalized spacial score (nSPS) is 16.0. The molecule has 3 heteroatoms. The van der Waals surface area contributed by atoms with Crippen LogP contribution in [0, 0.1) is 0 Å². The Hall–Kier alpha value is -1.87. The lowest BCUT2D eigenvalue weighted by atomic mass is 9.89. The van der Waals surface area contributed by atoms with Gasteiger partial charge in [0, 0.05) is 6.20 Å². The summed E-state index contributed by atoms with van der Waals surface area (Å²) in [5, 5.41) is 3.41. The topological polar surface area (TPSA) is 34.1 Å². The van der Waals surface area contributed by atoms with Gasteiger partial charge in [0.25, 0.3) is 0 Å². The number of aromatic nitrogens is 1. The zero-order valence-electron chi connectivity index (χ0n) is 11.6. The van der Waals surface area contributed by atoms with E-state index in [1.54, 1.807) is 6.20 Å². The maximum absolute atomic E-state index is 5.99. The van der Waals surface area contributed by atoms with Crippen molar-refractivity contribution in [3.8, 4) is 5.75 Å². The fourth-order valence-corrected chi connectivity index (χ4v) is 2.72. The number of piperidine rings is 1. The third-order valence-electron chi connectivity index (χ3n) is 3.80.